The van der Waals surface area contributed by atoms with Gasteiger partial charge in [-0.1, -0.05) is 48.9 Å². The summed E-state index contributed by atoms with van der Waals surface area (Å²) in [6.07, 6.45) is 1.12. The fraction of sp³-hybridized carbons (Fsp3) is 0.238. The lowest BCUT2D eigenvalue weighted by Crippen LogP contribution is -2.37. The number of anilines is 1. The number of nitrogens with zero attached hydrogens (tertiary/aromatic N) is 1. The Morgan fingerprint density at radius 1 is 1.12 bits per heavy atom. The highest BCUT2D eigenvalue weighted by Gasteiger charge is 2.43. The van der Waals surface area contributed by atoms with Crippen LogP contribution in [0.1, 0.15) is 30.4 Å². The van der Waals surface area contributed by atoms with Crippen LogP contribution in [0.15, 0.2) is 59.8 Å². The van der Waals surface area contributed by atoms with Crippen LogP contribution in [0.25, 0.3) is 0 Å². The second-order valence-electron chi connectivity index (χ2n) is 6.46. The van der Waals surface area contributed by atoms with Crippen molar-refractivity contribution >= 4 is 29.2 Å². The molecular weight excluding hydrogens is 350 g/mol. The van der Waals surface area contributed by atoms with Gasteiger partial charge in [-0.25, -0.2) is 4.79 Å². The van der Waals surface area contributed by atoms with Crippen molar-refractivity contribution in [3.63, 3.8) is 0 Å². The number of amides is 1. The third kappa shape index (κ3) is 2.71. The molecule has 1 amide bonds. The van der Waals surface area contributed by atoms with Crippen molar-refractivity contribution in [3.8, 4) is 0 Å². The molecule has 26 heavy (non-hydrogen) atoms. The summed E-state index contributed by atoms with van der Waals surface area (Å²) in [6, 6.07) is 15.2. The Labute approximate surface area is 157 Å². The number of carbonyl (C=O) groups excluding carboxylic acids is 2. The van der Waals surface area contributed by atoms with Gasteiger partial charge in [0.2, 0.25) is 5.91 Å². The Bertz CT molecular complexity index is 917. The van der Waals surface area contributed by atoms with E-state index in [2.05, 4.69) is 6.92 Å². The Morgan fingerprint density at radius 3 is 2.54 bits per heavy atom. The molecule has 2 heterocycles. The summed E-state index contributed by atoms with van der Waals surface area (Å²) in [5, 5.41) is 0.553. The minimum atomic E-state index is -0.368. The lowest BCUT2D eigenvalue weighted by Gasteiger charge is -2.32. The van der Waals surface area contributed by atoms with Crippen molar-refractivity contribution in [3.05, 3.63) is 76.0 Å². The van der Waals surface area contributed by atoms with E-state index < -0.39 is 0 Å². The Hall–Kier alpha value is -2.59. The highest BCUT2D eigenvalue weighted by atomic mass is 35.5. The van der Waals surface area contributed by atoms with Crippen LogP contribution in [0.4, 0.5) is 5.69 Å². The first-order chi connectivity index (χ1) is 12.6. The molecule has 2 aromatic carbocycles. The molecule has 0 N–H and O–H groups in total. The number of rotatable bonds is 3. The molecule has 0 saturated heterocycles. The van der Waals surface area contributed by atoms with E-state index in [-0.39, 0.29) is 30.8 Å². The van der Waals surface area contributed by atoms with E-state index in [1.54, 1.807) is 11.0 Å². The second-order valence-corrected chi connectivity index (χ2v) is 6.87. The van der Waals surface area contributed by atoms with Gasteiger partial charge in [0.05, 0.1) is 11.3 Å². The average Bonchev–Trinajstić information content (AvgIpc) is 3.03. The minimum absolute atomic E-state index is 0.0591. The second kappa shape index (κ2) is 6.61. The summed E-state index contributed by atoms with van der Waals surface area (Å²) in [5.41, 5.74) is 3.91. The zero-order valence-electron chi connectivity index (χ0n) is 14.4. The smallest absolute Gasteiger partial charge is 0.336 e. The molecule has 2 aromatic rings. The molecule has 4 rings (SSSR count). The molecule has 2 aliphatic heterocycles. The van der Waals surface area contributed by atoms with Gasteiger partial charge in [-0.05, 0) is 35.7 Å². The molecule has 0 radical (unpaired) electrons. The number of ether oxygens (including phenoxy) is 1. The molecular formula is C21H18ClNO3. The molecule has 0 fully saturated rings. The molecule has 0 saturated carbocycles. The van der Waals surface area contributed by atoms with Gasteiger partial charge >= 0.3 is 5.97 Å². The van der Waals surface area contributed by atoms with Gasteiger partial charge in [0, 0.05) is 23.0 Å². The number of benzene rings is 2. The van der Waals surface area contributed by atoms with Gasteiger partial charge in [0.15, 0.2) is 0 Å². The van der Waals surface area contributed by atoms with E-state index >= 15 is 0 Å². The average molecular weight is 368 g/mol. The van der Waals surface area contributed by atoms with E-state index in [0.717, 1.165) is 17.7 Å². The number of aryl methyl sites for hydroxylation is 1. The van der Waals surface area contributed by atoms with Gasteiger partial charge in [-0.2, -0.15) is 0 Å². The van der Waals surface area contributed by atoms with Crippen LogP contribution in [0.5, 0.6) is 0 Å². The number of hydrogen-bond donors (Lipinski definition) is 0. The highest BCUT2D eigenvalue weighted by Crippen LogP contribution is 2.43. The number of carbonyl (C=O) groups is 2. The number of hydrogen-bond acceptors (Lipinski definition) is 3. The van der Waals surface area contributed by atoms with Crippen molar-refractivity contribution in [1.82, 2.24) is 0 Å². The minimum Gasteiger partial charge on any atom is -0.456 e. The SMILES string of the molecule is CCc1ccc(N2C(=O)C[C@H](c3ccccc3Cl)C3=C2COC3=O)cc1. The van der Waals surface area contributed by atoms with Gasteiger partial charge < -0.3 is 4.74 Å². The molecule has 0 aliphatic carbocycles. The number of halogens is 1. The van der Waals surface area contributed by atoms with Crippen molar-refractivity contribution in [2.24, 2.45) is 0 Å². The molecule has 4 nitrogen and oxygen atoms in total. The standard InChI is InChI=1S/C21H18ClNO3/c1-2-13-7-9-14(10-8-13)23-18-12-26-21(25)20(18)16(11-19(23)24)15-5-3-4-6-17(15)22/h3-10,16H,2,11-12H2,1H3/t16-/m1/s1. The van der Waals surface area contributed by atoms with E-state index in [1.165, 1.54) is 5.56 Å². The molecule has 0 bridgehead atoms. The quantitative estimate of drug-likeness (QED) is 0.762. The molecule has 5 heteroatoms. The van der Waals surface area contributed by atoms with E-state index in [4.69, 9.17) is 16.3 Å². The summed E-state index contributed by atoms with van der Waals surface area (Å²) >= 11 is 6.33. The largest absolute Gasteiger partial charge is 0.456 e. The Balaban J connectivity index is 1.81. The summed E-state index contributed by atoms with van der Waals surface area (Å²) in [5.74, 6) is -0.795. The predicted octanol–water partition coefficient (Wildman–Crippen LogP) is 4.23. The van der Waals surface area contributed by atoms with Crippen LogP contribution in [0.3, 0.4) is 0 Å². The molecule has 0 aromatic heterocycles. The summed E-state index contributed by atoms with van der Waals surface area (Å²) in [7, 11) is 0. The van der Waals surface area contributed by atoms with Crippen LogP contribution in [0.2, 0.25) is 5.02 Å². The molecule has 132 valence electrons. The maximum Gasteiger partial charge on any atom is 0.336 e. The van der Waals surface area contributed by atoms with Crippen molar-refractivity contribution < 1.29 is 14.3 Å². The fourth-order valence-electron chi connectivity index (χ4n) is 3.66. The topological polar surface area (TPSA) is 46.6 Å². The molecule has 0 spiro atoms. The zero-order chi connectivity index (χ0) is 18.3. The first-order valence-corrected chi connectivity index (χ1v) is 9.04. The first kappa shape index (κ1) is 16.9. The lowest BCUT2D eigenvalue weighted by molar-refractivity contribution is -0.136. The van der Waals surface area contributed by atoms with Gasteiger partial charge in [0.25, 0.3) is 0 Å². The highest BCUT2D eigenvalue weighted by molar-refractivity contribution is 6.31. The lowest BCUT2D eigenvalue weighted by atomic mass is 9.84. The number of esters is 1. The summed E-state index contributed by atoms with van der Waals surface area (Å²) in [6.45, 7) is 2.19. The van der Waals surface area contributed by atoms with Gasteiger partial charge in [0.1, 0.15) is 6.61 Å². The number of cyclic esters (lactones) is 1. The zero-order valence-corrected chi connectivity index (χ0v) is 15.1. The fourth-order valence-corrected chi connectivity index (χ4v) is 3.93. The van der Waals surface area contributed by atoms with Crippen molar-refractivity contribution in [1.29, 1.82) is 0 Å². The van der Waals surface area contributed by atoms with E-state index in [9.17, 15) is 9.59 Å². The third-order valence-corrected chi connectivity index (χ3v) is 5.34. The summed E-state index contributed by atoms with van der Waals surface area (Å²) < 4.78 is 5.29. The van der Waals surface area contributed by atoms with Crippen molar-refractivity contribution in [2.45, 2.75) is 25.7 Å². The summed E-state index contributed by atoms with van der Waals surface area (Å²) in [4.78, 5) is 27.0. The molecule has 0 unspecified atom stereocenters. The van der Waals surface area contributed by atoms with Gasteiger partial charge in [-0.3, -0.25) is 9.69 Å². The maximum atomic E-state index is 13.0. The van der Waals surface area contributed by atoms with Crippen LogP contribution < -0.4 is 4.90 Å². The van der Waals surface area contributed by atoms with E-state index in [1.807, 2.05) is 42.5 Å². The molecule has 2 aliphatic rings. The molecule has 1 atom stereocenters. The van der Waals surface area contributed by atoms with E-state index in [0.29, 0.717) is 16.3 Å². The van der Waals surface area contributed by atoms with Crippen LogP contribution in [-0.2, 0) is 20.7 Å². The normalized spacial score (nSPS) is 19.6. The third-order valence-electron chi connectivity index (χ3n) is 5.00. The Morgan fingerprint density at radius 2 is 1.85 bits per heavy atom. The predicted molar refractivity (Wildman–Crippen MR) is 100 cm³/mol. The van der Waals surface area contributed by atoms with Crippen molar-refractivity contribution in [2.75, 3.05) is 11.5 Å². The maximum absolute atomic E-state index is 13.0. The first-order valence-electron chi connectivity index (χ1n) is 8.66. The van der Waals surface area contributed by atoms with Crippen LogP contribution in [0, 0.1) is 0 Å². The van der Waals surface area contributed by atoms with Crippen LogP contribution in [-0.4, -0.2) is 18.5 Å². The van der Waals surface area contributed by atoms with Crippen LogP contribution >= 0.6 is 11.6 Å². The Kier molecular flexibility index (Phi) is 4.29. The van der Waals surface area contributed by atoms with Gasteiger partial charge in [-0.15, -0.1) is 0 Å². The monoisotopic (exact) mass is 367 g/mol.